The lowest BCUT2D eigenvalue weighted by Crippen LogP contribution is -2.54. The van der Waals surface area contributed by atoms with Crippen LogP contribution in [0.4, 0.5) is 0 Å². The van der Waals surface area contributed by atoms with Gasteiger partial charge in [0, 0.05) is 17.5 Å². The maximum Gasteiger partial charge on any atom is 0.161 e. The summed E-state index contributed by atoms with van der Waals surface area (Å²) in [5.74, 6) is 2.76. The van der Waals surface area contributed by atoms with Gasteiger partial charge in [0.15, 0.2) is 23.0 Å². The van der Waals surface area contributed by atoms with E-state index in [1.165, 1.54) is 5.56 Å². The van der Waals surface area contributed by atoms with Crippen LogP contribution < -0.4 is 18.9 Å². The first kappa shape index (κ1) is 18.9. The predicted octanol–water partition coefficient (Wildman–Crippen LogP) is 3.01. The van der Waals surface area contributed by atoms with Gasteiger partial charge in [-0.15, -0.1) is 0 Å². The third-order valence-corrected chi connectivity index (χ3v) is 6.32. The molecule has 0 spiro atoms. The van der Waals surface area contributed by atoms with Gasteiger partial charge in [-0.05, 0) is 35.4 Å². The van der Waals surface area contributed by atoms with Crippen LogP contribution in [0.1, 0.15) is 34.4 Å². The maximum absolute atomic E-state index is 11.5. The van der Waals surface area contributed by atoms with Crippen LogP contribution in [0.2, 0.25) is 0 Å². The number of hydrogen-bond acceptors (Lipinski definition) is 5. The minimum absolute atomic E-state index is 0.0749. The molecule has 0 aromatic heterocycles. The zero-order chi connectivity index (χ0) is 20.1. The molecule has 4 rings (SSSR count). The fourth-order valence-electron chi connectivity index (χ4n) is 4.88. The van der Waals surface area contributed by atoms with Crippen LogP contribution in [0.5, 0.6) is 23.0 Å². The van der Waals surface area contributed by atoms with E-state index in [0.717, 1.165) is 46.4 Å². The molecule has 6 nitrogen and oxygen atoms in total. The molecule has 6 heteroatoms. The minimum Gasteiger partial charge on any atom is -0.493 e. The van der Waals surface area contributed by atoms with Crippen molar-refractivity contribution < 1.29 is 28.5 Å². The summed E-state index contributed by atoms with van der Waals surface area (Å²) in [6, 6.07) is 7.92. The van der Waals surface area contributed by atoms with E-state index in [-0.39, 0.29) is 6.04 Å². The van der Waals surface area contributed by atoms with Crippen molar-refractivity contribution in [3.63, 3.8) is 0 Å². The SMILES string of the molecule is COc1cc2c(cc1OC)[C@@H]1[C@@H](O)c3cc(OC)c(OC)cc3C[N@+]1(C)CC2. The van der Waals surface area contributed by atoms with Crippen LogP contribution in [0.3, 0.4) is 0 Å². The number of likely N-dealkylation sites (N-methyl/N-ethyl adjacent to an activating group) is 1. The first-order chi connectivity index (χ1) is 13.5. The molecule has 0 unspecified atom stereocenters. The van der Waals surface area contributed by atoms with Gasteiger partial charge in [0.1, 0.15) is 18.7 Å². The Balaban J connectivity index is 1.87. The Labute approximate surface area is 165 Å². The van der Waals surface area contributed by atoms with Gasteiger partial charge in [0.25, 0.3) is 0 Å². The molecule has 2 aliphatic heterocycles. The summed E-state index contributed by atoms with van der Waals surface area (Å²) in [6.07, 6.45) is 0.281. The Hall–Kier alpha value is -2.44. The van der Waals surface area contributed by atoms with Gasteiger partial charge in [-0.2, -0.15) is 0 Å². The molecule has 2 aromatic carbocycles. The Kier molecular flexibility index (Phi) is 4.63. The summed E-state index contributed by atoms with van der Waals surface area (Å²) in [5.41, 5.74) is 4.34. The molecule has 0 radical (unpaired) electrons. The minimum atomic E-state index is -0.647. The normalized spacial score (nSPS) is 25.2. The molecule has 0 bridgehead atoms. The molecule has 2 aromatic rings. The number of aliphatic hydroxyl groups is 1. The van der Waals surface area contributed by atoms with E-state index >= 15 is 0 Å². The molecule has 2 heterocycles. The Morgan fingerprint density at radius 1 is 0.786 bits per heavy atom. The van der Waals surface area contributed by atoms with E-state index in [1.807, 2.05) is 18.2 Å². The number of nitrogens with zero attached hydrogens (tertiary/aromatic N) is 1. The smallest absolute Gasteiger partial charge is 0.161 e. The van der Waals surface area contributed by atoms with E-state index in [4.69, 9.17) is 18.9 Å². The van der Waals surface area contributed by atoms with E-state index in [1.54, 1.807) is 28.4 Å². The third kappa shape index (κ3) is 2.71. The van der Waals surface area contributed by atoms with Crippen molar-refractivity contribution in [3.05, 3.63) is 46.5 Å². The molecule has 0 saturated heterocycles. The molecule has 2 aliphatic rings. The molecule has 0 amide bonds. The second-order valence-corrected chi connectivity index (χ2v) is 7.81. The quantitative estimate of drug-likeness (QED) is 0.819. The number of quaternary nitrogens is 1. The molecular weight excluding hydrogens is 358 g/mol. The summed E-state index contributed by atoms with van der Waals surface area (Å²) >= 11 is 0. The standard InChI is InChI=1S/C22H28NO5/c1-23-7-6-13-8-17(25-2)19(27-4)10-15(13)21(23)22(24)16-11-20(28-5)18(26-3)9-14(16)12-23/h8-11,21-22,24H,6-7,12H2,1-5H3/q+1/t21-,22+,23+/m1/s1. The molecule has 28 heavy (non-hydrogen) atoms. The molecule has 0 fully saturated rings. The lowest BCUT2D eigenvalue weighted by atomic mass is 9.80. The number of benzene rings is 2. The van der Waals surface area contributed by atoms with Crippen molar-refractivity contribution in [2.75, 3.05) is 42.0 Å². The van der Waals surface area contributed by atoms with E-state index in [2.05, 4.69) is 13.1 Å². The van der Waals surface area contributed by atoms with Gasteiger partial charge in [0.2, 0.25) is 0 Å². The average molecular weight is 386 g/mol. The molecule has 150 valence electrons. The number of ether oxygens (including phenoxy) is 4. The second-order valence-electron chi connectivity index (χ2n) is 7.81. The highest BCUT2D eigenvalue weighted by atomic mass is 16.5. The Morgan fingerprint density at radius 2 is 1.29 bits per heavy atom. The molecule has 0 aliphatic carbocycles. The summed E-state index contributed by atoms with van der Waals surface area (Å²) in [7, 11) is 8.77. The van der Waals surface area contributed by atoms with Crippen LogP contribution in [0, 0.1) is 0 Å². The van der Waals surface area contributed by atoms with Crippen LogP contribution >= 0.6 is 0 Å². The van der Waals surface area contributed by atoms with Crippen molar-refractivity contribution >= 4 is 0 Å². The summed E-state index contributed by atoms with van der Waals surface area (Å²) in [6.45, 7) is 1.77. The van der Waals surface area contributed by atoms with Crippen LogP contribution in [0.25, 0.3) is 0 Å². The largest absolute Gasteiger partial charge is 0.493 e. The van der Waals surface area contributed by atoms with E-state index in [9.17, 15) is 5.11 Å². The highest BCUT2D eigenvalue weighted by Gasteiger charge is 2.49. The summed E-state index contributed by atoms with van der Waals surface area (Å²) in [5, 5.41) is 11.5. The van der Waals surface area contributed by atoms with Crippen molar-refractivity contribution in [2.45, 2.75) is 25.1 Å². The van der Waals surface area contributed by atoms with Crippen LogP contribution in [0.15, 0.2) is 24.3 Å². The van der Waals surface area contributed by atoms with Gasteiger partial charge in [-0.1, -0.05) is 0 Å². The zero-order valence-corrected chi connectivity index (χ0v) is 17.1. The maximum atomic E-state index is 11.5. The predicted molar refractivity (Wildman–Crippen MR) is 105 cm³/mol. The fourth-order valence-corrected chi connectivity index (χ4v) is 4.88. The Morgan fingerprint density at radius 3 is 1.86 bits per heavy atom. The molecule has 1 N–H and O–H groups in total. The van der Waals surface area contributed by atoms with Crippen molar-refractivity contribution in [1.29, 1.82) is 0 Å². The van der Waals surface area contributed by atoms with Crippen molar-refractivity contribution in [3.8, 4) is 23.0 Å². The molecule has 3 atom stereocenters. The van der Waals surface area contributed by atoms with Gasteiger partial charge in [-0.3, -0.25) is 0 Å². The number of hydrogen-bond donors (Lipinski definition) is 1. The van der Waals surface area contributed by atoms with Crippen molar-refractivity contribution in [1.82, 2.24) is 0 Å². The summed E-state index contributed by atoms with van der Waals surface area (Å²) < 4.78 is 22.7. The van der Waals surface area contributed by atoms with Crippen LogP contribution in [-0.4, -0.2) is 51.6 Å². The fraction of sp³-hybridized carbons (Fsp3) is 0.455. The monoisotopic (exact) mass is 386 g/mol. The number of fused-ring (bicyclic) bond motifs is 4. The van der Waals surface area contributed by atoms with Crippen molar-refractivity contribution in [2.24, 2.45) is 0 Å². The van der Waals surface area contributed by atoms with E-state index < -0.39 is 6.10 Å². The third-order valence-electron chi connectivity index (χ3n) is 6.32. The first-order valence-electron chi connectivity index (χ1n) is 9.47. The number of rotatable bonds is 4. The van der Waals surface area contributed by atoms with Gasteiger partial charge < -0.3 is 28.5 Å². The first-order valence-corrected chi connectivity index (χ1v) is 9.47. The highest BCUT2D eigenvalue weighted by Crippen LogP contribution is 2.52. The lowest BCUT2D eigenvalue weighted by molar-refractivity contribution is -0.960. The molecular formula is C22H28NO5+. The van der Waals surface area contributed by atoms with Gasteiger partial charge >= 0.3 is 0 Å². The highest BCUT2D eigenvalue weighted by molar-refractivity contribution is 5.52. The zero-order valence-electron chi connectivity index (χ0n) is 17.1. The van der Waals surface area contributed by atoms with E-state index in [0.29, 0.717) is 17.2 Å². The average Bonchev–Trinajstić information content (AvgIpc) is 2.71. The second kappa shape index (κ2) is 6.87. The summed E-state index contributed by atoms with van der Waals surface area (Å²) in [4.78, 5) is 0. The topological polar surface area (TPSA) is 57.2 Å². The van der Waals surface area contributed by atoms with Crippen LogP contribution in [-0.2, 0) is 13.0 Å². The number of methoxy groups -OCH3 is 4. The molecule has 0 saturated carbocycles. The van der Waals surface area contributed by atoms with Gasteiger partial charge in [-0.25, -0.2) is 0 Å². The Bertz CT molecular complexity index is 912. The number of aliphatic hydroxyl groups excluding tert-OH is 1. The van der Waals surface area contributed by atoms with Gasteiger partial charge in [0.05, 0.1) is 42.0 Å². The lowest BCUT2D eigenvalue weighted by Gasteiger charge is -2.50.